The summed E-state index contributed by atoms with van der Waals surface area (Å²) in [5.74, 6) is 0. The molecule has 0 aliphatic rings. The first kappa shape index (κ1) is 8.91. The zero-order chi connectivity index (χ0) is 9.30. The van der Waals surface area contributed by atoms with Gasteiger partial charge in [-0.05, 0) is 31.0 Å². The minimum absolute atomic E-state index is 0.865. The highest BCUT2D eigenvalue weighted by molar-refractivity contribution is 5.63. The second-order valence-electron chi connectivity index (χ2n) is 3.39. The molecular formula is C10H16N2. The van der Waals surface area contributed by atoms with Crippen LogP contribution in [-0.4, -0.2) is 14.1 Å². The van der Waals surface area contributed by atoms with E-state index in [9.17, 15) is 0 Å². The van der Waals surface area contributed by atoms with E-state index in [0.29, 0.717) is 0 Å². The first-order valence-corrected chi connectivity index (χ1v) is 4.06. The Labute approximate surface area is 74.0 Å². The fourth-order valence-corrected chi connectivity index (χ4v) is 1.34. The summed E-state index contributed by atoms with van der Waals surface area (Å²) >= 11 is 0. The molecule has 0 aliphatic heterocycles. The second-order valence-corrected chi connectivity index (χ2v) is 3.39. The second kappa shape index (κ2) is 3.05. The van der Waals surface area contributed by atoms with Gasteiger partial charge in [-0.25, -0.2) is 0 Å². The average molecular weight is 164 g/mol. The van der Waals surface area contributed by atoms with Crippen LogP contribution in [0.1, 0.15) is 11.1 Å². The fourth-order valence-electron chi connectivity index (χ4n) is 1.34. The Bertz CT molecular complexity index is 290. The van der Waals surface area contributed by atoms with Crippen molar-refractivity contribution < 1.29 is 0 Å². The number of nitrogens with two attached hydrogens (primary N) is 1. The van der Waals surface area contributed by atoms with Gasteiger partial charge in [0.2, 0.25) is 0 Å². The summed E-state index contributed by atoms with van der Waals surface area (Å²) in [6, 6.07) is 4.13. The monoisotopic (exact) mass is 164 g/mol. The van der Waals surface area contributed by atoms with Crippen molar-refractivity contribution >= 4 is 11.4 Å². The maximum absolute atomic E-state index is 5.80. The summed E-state index contributed by atoms with van der Waals surface area (Å²) in [6.45, 7) is 4.13. The lowest BCUT2D eigenvalue weighted by Gasteiger charge is -2.17. The molecule has 2 N–H and O–H groups in total. The van der Waals surface area contributed by atoms with Crippen LogP contribution >= 0.6 is 0 Å². The lowest BCUT2D eigenvalue weighted by atomic mass is 10.1. The molecule has 0 unspecified atom stereocenters. The van der Waals surface area contributed by atoms with Gasteiger partial charge in [0, 0.05) is 25.5 Å². The zero-order valence-electron chi connectivity index (χ0n) is 8.18. The molecule has 0 saturated carbocycles. The van der Waals surface area contributed by atoms with Gasteiger partial charge in [-0.3, -0.25) is 0 Å². The van der Waals surface area contributed by atoms with Gasteiger partial charge in [0.15, 0.2) is 0 Å². The van der Waals surface area contributed by atoms with Gasteiger partial charge in [-0.15, -0.1) is 0 Å². The molecule has 0 aromatic heterocycles. The highest BCUT2D eigenvalue weighted by Crippen LogP contribution is 2.23. The number of hydrogen-bond donors (Lipinski definition) is 1. The summed E-state index contributed by atoms with van der Waals surface area (Å²) in [4.78, 5) is 2.07. The standard InChI is InChI=1S/C10H16N2/c1-7-5-8(2)10(12(3)4)6-9(7)11/h5-6H,11H2,1-4H3. The number of anilines is 2. The number of nitrogens with zero attached hydrogens (tertiary/aromatic N) is 1. The molecule has 1 rings (SSSR count). The SMILES string of the molecule is Cc1cc(C)c(N(C)C)cc1N. The molecule has 0 bridgehead atoms. The van der Waals surface area contributed by atoms with Crippen LogP contribution in [0.2, 0.25) is 0 Å². The van der Waals surface area contributed by atoms with Crippen molar-refractivity contribution in [2.45, 2.75) is 13.8 Å². The number of rotatable bonds is 1. The molecule has 2 nitrogen and oxygen atoms in total. The van der Waals surface area contributed by atoms with Crippen molar-refractivity contribution in [1.82, 2.24) is 0 Å². The van der Waals surface area contributed by atoms with Gasteiger partial charge >= 0.3 is 0 Å². The van der Waals surface area contributed by atoms with Gasteiger partial charge in [-0.1, -0.05) is 6.07 Å². The summed E-state index contributed by atoms with van der Waals surface area (Å²) in [6.07, 6.45) is 0. The molecule has 12 heavy (non-hydrogen) atoms. The van der Waals surface area contributed by atoms with Crippen LogP contribution in [0, 0.1) is 13.8 Å². The number of aryl methyl sites for hydroxylation is 2. The zero-order valence-corrected chi connectivity index (χ0v) is 8.18. The molecule has 1 aromatic rings. The van der Waals surface area contributed by atoms with E-state index in [0.717, 1.165) is 11.3 Å². The van der Waals surface area contributed by atoms with Crippen LogP contribution in [0.5, 0.6) is 0 Å². The van der Waals surface area contributed by atoms with E-state index < -0.39 is 0 Å². The van der Waals surface area contributed by atoms with Gasteiger partial charge < -0.3 is 10.6 Å². The first-order chi connectivity index (χ1) is 5.52. The van der Waals surface area contributed by atoms with Crippen molar-refractivity contribution in [3.8, 4) is 0 Å². The number of nitrogen functional groups attached to an aromatic ring is 1. The van der Waals surface area contributed by atoms with Crippen LogP contribution in [0.15, 0.2) is 12.1 Å². The predicted octanol–water partition coefficient (Wildman–Crippen LogP) is 1.95. The molecule has 1 aromatic carbocycles. The summed E-state index contributed by atoms with van der Waals surface area (Å²) in [7, 11) is 4.05. The molecule has 0 atom stereocenters. The fraction of sp³-hybridized carbons (Fsp3) is 0.400. The van der Waals surface area contributed by atoms with Crippen molar-refractivity contribution in [3.05, 3.63) is 23.3 Å². The molecule has 0 saturated heterocycles. The Kier molecular flexibility index (Phi) is 2.27. The smallest absolute Gasteiger partial charge is 0.0411 e. The Hall–Kier alpha value is -1.18. The molecule has 0 radical (unpaired) electrons. The lowest BCUT2D eigenvalue weighted by molar-refractivity contribution is 1.11. The molecule has 2 heteroatoms. The summed E-state index contributed by atoms with van der Waals surface area (Å²) in [5, 5.41) is 0. The van der Waals surface area contributed by atoms with Crippen LogP contribution in [0.25, 0.3) is 0 Å². The van der Waals surface area contributed by atoms with E-state index in [4.69, 9.17) is 5.73 Å². The van der Waals surface area contributed by atoms with Gasteiger partial charge in [0.1, 0.15) is 0 Å². The van der Waals surface area contributed by atoms with Crippen molar-refractivity contribution in [2.75, 3.05) is 24.7 Å². The van der Waals surface area contributed by atoms with Crippen LogP contribution in [0.4, 0.5) is 11.4 Å². The van der Waals surface area contributed by atoms with E-state index in [2.05, 4.69) is 17.9 Å². The van der Waals surface area contributed by atoms with E-state index in [1.807, 2.05) is 27.1 Å². The molecule has 66 valence electrons. The minimum atomic E-state index is 0.865. The molecular weight excluding hydrogens is 148 g/mol. The van der Waals surface area contributed by atoms with Crippen LogP contribution < -0.4 is 10.6 Å². The van der Waals surface area contributed by atoms with E-state index >= 15 is 0 Å². The van der Waals surface area contributed by atoms with E-state index in [-0.39, 0.29) is 0 Å². The molecule has 0 fully saturated rings. The third-order valence-corrected chi connectivity index (χ3v) is 2.07. The Balaban J connectivity index is 3.23. The number of benzene rings is 1. The minimum Gasteiger partial charge on any atom is -0.398 e. The van der Waals surface area contributed by atoms with E-state index in [1.54, 1.807) is 0 Å². The Morgan fingerprint density at radius 1 is 1.08 bits per heavy atom. The largest absolute Gasteiger partial charge is 0.398 e. The summed E-state index contributed by atoms with van der Waals surface area (Å²) in [5.41, 5.74) is 10.3. The van der Waals surface area contributed by atoms with Crippen LogP contribution in [0.3, 0.4) is 0 Å². The molecule has 0 aliphatic carbocycles. The van der Waals surface area contributed by atoms with Crippen molar-refractivity contribution in [2.24, 2.45) is 0 Å². The normalized spacial score (nSPS) is 10.0. The summed E-state index contributed by atoms with van der Waals surface area (Å²) < 4.78 is 0. The van der Waals surface area contributed by atoms with Crippen LogP contribution in [-0.2, 0) is 0 Å². The third-order valence-electron chi connectivity index (χ3n) is 2.07. The van der Waals surface area contributed by atoms with Gasteiger partial charge in [0.25, 0.3) is 0 Å². The molecule has 0 amide bonds. The maximum Gasteiger partial charge on any atom is 0.0411 e. The van der Waals surface area contributed by atoms with Crippen molar-refractivity contribution in [3.63, 3.8) is 0 Å². The third kappa shape index (κ3) is 1.52. The average Bonchev–Trinajstić information content (AvgIpc) is 1.96. The maximum atomic E-state index is 5.80. The van der Waals surface area contributed by atoms with Crippen molar-refractivity contribution in [1.29, 1.82) is 0 Å². The Morgan fingerprint density at radius 2 is 1.67 bits per heavy atom. The van der Waals surface area contributed by atoms with Gasteiger partial charge in [-0.2, -0.15) is 0 Å². The molecule has 0 spiro atoms. The first-order valence-electron chi connectivity index (χ1n) is 4.06. The quantitative estimate of drug-likeness (QED) is 0.643. The van der Waals surface area contributed by atoms with E-state index in [1.165, 1.54) is 11.3 Å². The predicted molar refractivity (Wildman–Crippen MR) is 54.7 cm³/mol. The Morgan fingerprint density at radius 3 is 2.17 bits per heavy atom. The van der Waals surface area contributed by atoms with Gasteiger partial charge in [0.05, 0.1) is 0 Å². The highest BCUT2D eigenvalue weighted by atomic mass is 15.1. The number of hydrogen-bond acceptors (Lipinski definition) is 2. The topological polar surface area (TPSA) is 29.3 Å². The molecule has 0 heterocycles. The highest BCUT2D eigenvalue weighted by Gasteiger charge is 2.02. The lowest BCUT2D eigenvalue weighted by Crippen LogP contribution is -2.11.